The number of amides is 2. The number of hydrogen-bond donors (Lipinski definition) is 1. The number of carbonyl (C=O) groups is 2. The van der Waals surface area contributed by atoms with E-state index in [0.29, 0.717) is 5.69 Å². The summed E-state index contributed by atoms with van der Waals surface area (Å²) in [5, 5.41) is 2.54. The second-order valence-corrected chi connectivity index (χ2v) is 7.76. The Labute approximate surface area is 180 Å². The minimum Gasteiger partial charge on any atom is -0.371 e. The van der Waals surface area contributed by atoms with E-state index in [1.807, 2.05) is 25.1 Å². The summed E-state index contributed by atoms with van der Waals surface area (Å²) in [5.41, 5.74) is 2.51. The number of aryl methyl sites for hydroxylation is 1. The van der Waals surface area contributed by atoms with Gasteiger partial charge in [-0.05, 0) is 73.5 Å². The van der Waals surface area contributed by atoms with Crippen LogP contribution in [0.4, 0.5) is 15.8 Å². The molecule has 2 saturated heterocycles. The van der Waals surface area contributed by atoms with Gasteiger partial charge >= 0.3 is 0 Å². The molecule has 2 aliphatic rings. The highest BCUT2D eigenvalue weighted by molar-refractivity contribution is 7.80. The van der Waals surface area contributed by atoms with Crippen molar-refractivity contribution in [2.75, 3.05) is 22.9 Å². The number of thiocarbonyl (C=S) groups is 1. The fourth-order valence-electron chi connectivity index (χ4n) is 3.73. The third kappa shape index (κ3) is 3.85. The summed E-state index contributed by atoms with van der Waals surface area (Å²) in [6, 6.07) is 12.2. The third-order valence-electron chi connectivity index (χ3n) is 5.46. The van der Waals surface area contributed by atoms with Gasteiger partial charge in [0, 0.05) is 24.3 Å². The van der Waals surface area contributed by atoms with E-state index in [0.717, 1.165) is 43.6 Å². The lowest BCUT2D eigenvalue weighted by molar-refractivity contribution is -0.122. The molecule has 2 amide bonds. The van der Waals surface area contributed by atoms with Crippen molar-refractivity contribution in [3.8, 4) is 0 Å². The minimum absolute atomic E-state index is 0.0104. The second kappa shape index (κ2) is 8.36. The number of hydrogen-bond acceptors (Lipinski definition) is 4. The summed E-state index contributed by atoms with van der Waals surface area (Å²) in [6.45, 7) is 3.85. The standard InChI is InChI=1S/C23H22FN3O2S/c1-2-15-5-8-17(9-6-15)27-22(29)19(21(28)25-23(27)30)13-16-7-10-18(14-20(16)24)26-11-3-4-12-26/h5-10,13-14H,2-4,11-12H2,1H3,(H,25,28,30)/b19-13+. The van der Waals surface area contributed by atoms with Crippen molar-refractivity contribution in [3.63, 3.8) is 0 Å². The topological polar surface area (TPSA) is 52.7 Å². The predicted molar refractivity (Wildman–Crippen MR) is 120 cm³/mol. The predicted octanol–water partition coefficient (Wildman–Crippen LogP) is 3.82. The normalized spacial score (nSPS) is 18.3. The first-order chi connectivity index (χ1) is 14.5. The second-order valence-electron chi connectivity index (χ2n) is 7.38. The number of rotatable bonds is 4. The van der Waals surface area contributed by atoms with E-state index < -0.39 is 17.6 Å². The molecule has 7 heteroatoms. The number of halogens is 1. The number of nitrogens with zero attached hydrogens (tertiary/aromatic N) is 2. The summed E-state index contributed by atoms with van der Waals surface area (Å²) in [6.07, 6.45) is 4.34. The van der Waals surface area contributed by atoms with Gasteiger partial charge in [0.05, 0.1) is 5.69 Å². The van der Waals surface area contributed by atoms with Crippen LogP contribution < -0.4 is 15.1 Å². The van der Waals surface area contributed by atoms with Gasteiger partial charge < -0.3 is 4.90 Å². The molecule has 0 bridgehead atoms. The molecule has 0 radical (unpaired) electrons. The molecule has 2 aliphatic heterocycles. The first-order valence-electron chi connectivity index (χ1n) is 10.0. The van der Waals surface area contributed by atoms with Crippen molar-refractivity contribution in [1.29, 1.82) is 0 Å². The summed E-state index contributed by atoms with van der Waals surface area (Å²) in [5.74, 6) is -1.68. The first-order valence-corrected chi connectivity index (χ1v) is 10.4. The molecule has 0 saturated carbocycles. The van der Waals surface area contributed by atoms with Crippen molar-refractivity contribution >= 4 is 46.6 Å². The Morgan fingerprint density at radius 1 is 1.07 bits per heavy atom. The number of anilines is 2. The Morgan fingerprint density at radius 3 is 2.37 bits per heavy atom. The minimum atomic E-state index is -0.630. The van der Waals surface area contributed by atoms with Crippen LogP contribution in [0.3, 0.4) is 0 Å². The van der Waals surface area contributed by atoms with Gasteiger partial charge in [-0.2, -0.15) is 0 Å². The summed E-state index contributed by atoms with van der Waals surface area (Å²) < 4.78 is 14.7. The average molecular weight is 424 g/mol. The lowest BCUT2D eigenvalue weighted by atomic mass is 10.1. The Hall–Kier alpha value is -3.06. The van der Waals surface area contributed by atoms with Gasteiger partial charge in [0.25, 0.3) is 11.8 Å². The maximum atomic E-state index is 14.7. The van der Waals surface area contributed by atoms with E-state index in [2.05, 4.69) is 10.2 Å². The molecular formula is C23H22FN3O2S. The molecule has 1 N–H and O–H groups in total. The fraction of sp³-hybridized carbons (Fsp3) is 0.261. The van der Waals surface area contributed by atoms with Gasteiger partial charge in [0.2, 0.25) is 0 Å². The van der Waals surface area contributed by atoms with Crippen molar-refractivity contribution in [3.05, 3.63) is 65.0 Å². The summed E-state index contributed by atoms with van der Waals surface area (Å²) in [4.78, 5) is 28.9. The zero-order chi connectivity index (χ0) is 21.3. The number of nitrogens with one attached hydrogen (secondary N) is 1. The molecule has 5 nitrogen and oxygen atoms in total. The number of benzene rings is 2. The lowest BCUT2D eigenvalue weighted by Gasteiger charge is -2.29. The van der Waals surface area contributed by atoms with Gasteiger partial charge in [0.15, 0.2) is 5.11 Å². The Kier molecular flexibility index (Phi) is 5.63. The van der Waals surface area contributed by atoms with Gasteiger partial charge in [0.1, 0.15) is 11.4 Å². The van der Waals surface area contributed by atoms with E-state index in [-0.39, 0.29) is 16.2 Å². The van der Waals surface area contributed by atoms with Gasteiger partial charge in [-0.1, -0.05) is 19.1 Å². The van der Waals surface area contributed by atoms with Crippen LogP contribution in [0.1, 0.15) is 30.9 Å². The van der Waals surface area contributed by atoms with Crippen LogP contribution in [0.2, 0.25) is 0 Å². The van der Waals surface area contributed by atoms with Crippen molar-refractivity contribution in [2.24, 2.45) is 0 Å². The van der Waals surface area contributed by atoms with E-state index in [4.69, 9.17) is 12.2 Å². The largest absolute Gasteiger partial charge is 0.371 e. The SMILES string of the molecule is CCc1ccc(N2C(=O)/C(=C/c3ccc(N4CCCC4)cc3F)C(=O)NC2=S)cc1. The van der Waals surface area contributed by atoms with Gasteiger partial charge in [-0.15, -0.1) is 0 Å². The van der Waals surface area contributed by atoms with E-state index in [9.17, 15) is 14.0 Å². The van der Waals surface area contributed by atoms with E-state index >= 15 is 0 Å². The Morgan fingerprint density at radius 2 is 1.73 bits per heavy atom. The van der Waals surface area contributed by atoms with Crippen molar-refractivity contribution < 1.29 is 14.0 Å². The summed E-state index contributed by atoms with van der Waals surface area (Å²) >= 11 is 5.21. The zero-order valence-corrected chi connectivity index (χ0v) is 17.5. The van der Waals surface area contributed by atoms with Crippen LogP contribution in [0, 0.1) is 5.82 Å². The van der Waals surface area contributed by atoms with Crippen LogP contribution in [-0.4, -0.2) is 30.0 Å². The average Bonchev–Trinajstić information content (AvgIpc) is 3.27. The molecule has 0 spiro atoms. The molecule has 0 aromatic heterocycles. The van der Waals surface area contributed by atoms with Crippen LogP contribution in [-0.2, 0) is 16.0 Å². The fourth-order valence-corrected chi connectivity index (χ4v) is 4.01. The van der Waals surface area contributed by atoms with Gasteiger partial charge in [-0.3, -0.25) is 19.8 Å². The first kappa shape index (κ1) is 20.2. The molecule has 154 valence electrons. The molecule has 30 heavy (non-hydrogen) atoms. The lowest BCUT2D eigenvalue weighted by Crippen LogP contribution is -2.54. The maximum Gasteiger partial charge on any atom is 0.270 e. The molecular weight excluding hydrogens is 401 g/mol. The molecule has 2 fully saturated rings. The van der Waals surface area contributed by atoms with Gasteiger partial charge in [-0.25, -0.2) is 4.39 Å². The van der Waals surface area contributed by atoms with Crippen LogP contribution >= 0.6 is 12.2 Å². The van der Waals surface area contributed by atoms with E-state index in [1.54, 1.807) is 18.2 Å². The van der Waals surface area contributed by atoms with Crippen LogP contribution in [0.5, 0.6) is 0 Å². The van der Waals surface area contributed by atoms with Crippen molar-refractivity contribution in [2.45, 2.75) is 26.2 Å². The molecule has 2 heterocycles. The quantitative estimate of drug-likeness (QED) is 0.462. The Bertz CT molecular complexity index is 1040. The molecule has 2 aromatic rings. The molecule has 2 aromatic carbocycles. The molecule has 4 rings (SSSR count). The highest BCUT2D eigenvalue weighted by Crippen LogP contribution is 2.26. The highest BCUT2D eigenvalue weighted by atomic mass is 32.1. The molecule has 0 aliphatic carbocycles. The Balaban J connectivity index is 1.65. The maximum absolute atomic E-state index is 14.7. The van der Waals surface area contributed by atoms with Crippen molar-refractivity contribution in [1.82, 2.24) is 5.32 Å². The molecule has 0 atom stereocenters. The number of carbonyl (C=O) groups excluding carboxylic acids is 2. The zero-order valence-electron chi connectivity index (χ0n) is 16.7. The monoisotopic (exact) mass is 423 g/mol. The summed E-state index contributed by atoms with van der Waals surface area (Å²) in [7, 11) is 0. The van der Waals surface area contributed by atoms with Crippen LogP contribution in [0.15, 0.2) is 48.0 Å². The van der Waals surface area contributed by atoms with E-state index in [1.165, 1.54) is 17.0 Å². The molecule has 0 unspecified atom stereocenters. The smallest absolute Gasteiger partial charge is 0.270 e. The van der Waals surface area contributed by atoms with Crippen LogP contribution in [0.25, 0.3) is 6.08 Å². The highest BCUT2D eigenvalue weighted by Gasteiger charge is 2.34. The third-order valence-corrected chi connectivity index (χ3v) is 5.74.